The number of carbonyl (C=O) groups excluding carboxylic acids is 2. The van der Waals surface area contributed by atoms with Crippen molar-refractivity contribution in [3.05, 3.63) is 196 Å². The van der Waals surface area contributed by atoms with Crippen LogP contribution in [0, 0.1) is 23.3 Å². The van der Waals surface area contributed by atoms with Gasteiger partial charge in [-0.25, -0.2) is 44.4 Å². The number of pyridine rings is 2. The molecule has 18 nitrogen and oxygen atoms in total. The van der Waals surface area contributed by atoms with Crippen LogP contribution in [0.15, 0.2) is 154 Å². The highest BCUT2D eigenvalue weighted by molar-refractivity contribution is 7.92. The van der Waals surface area contributed by atoms with E-state index in [9.17, 15) is 44.0 Å². The van der Waals surface area contributed by atoms with Crippen LogP contribution in [0.4, 0.5) is 28.9 Å². The summed E-state index contributed by atoms with van der Waals surface area (Å²) in [5.74, 6) is -1.76. The smallest absolute Gasteiger partial charge is 0.455 e. The highest BCUT2D eigenvalue weighted by Gasteiger charge is 2.53. The number of rotatable bonds is 10. The van der Waals surface area contributed by atoms with Crippen LogP contribution >= 0.6 is 11.6 Å². The Morgan fingerprint density at radius 2 is 1.00 bits per heavy atom. The summed E-state index contributed by atoms with van der Waals surface area (Å²) in [6, 6.07) is 39.0. The predicted molar refractivity (Wildman–Crippen MR) is 374 cm³/mol. The van der Waals surface area contributed by atoms with Gasteiger partial charge in [-0.05, 0) is 161 Å². The SMILES string of the molecule is CNC(=O)c1c(-c2ccc(F)cc2)oc2cc(N(C)S(C)(=O)=O)c(-c3ccc4c(n3)-c3cc5c(F)cccc5n3CC4)cc12.CNC(=O)c1c(-c2ccc(F)cc2)oc2cc(N(C)S(C)(=O)=O)c(B3OC(C)(C)C(C)(C)O3)cc12.Fc1cccc2c1cc1n2CCc2ccc(Cl)nc2-1. The Bertz CT molecular complexity index is 5490. The van der Waals surface area contributed by atoms with Gasteiger partial charge in [-0.3, -0.25) is 18.2 Å². The number of hydrogen-bond acceptors (Lipinski definition) is 12. The molecule has 0 bridgehead atoms. The van der Waals surface area contributed by atoms with Crippen LogP contribution in [0.5, 0.6) is 0 Å². The van der Waals surface area contributed by atoms with Crippen LogP contribution in [-0.4, -0.2) is 107 Å². The number of nitrogens with zero attached hydrogens (tertiary/aromatic N) is 6. The van der Waals surface area contributed by atoms with Crippen molar-refractivity contribution in [1.29, 1.82) is 0 Å². The summed E-state index contributed by atoms with van der Waals surface area (Å²) >= 11 is 5.98. The molecular formula is C72H64BClF4N8O10S2. The zero-order valence-corrected chi connectivity index (χ0v) is 57.1. The van der Waals surface area contributed by atoms with Crippen LogP contribution in [0.1, 0.15) is 59.5 Å². The molecule has 3 aliphatic heterocycles. The molecule has 2 amide bonds. The third kappa shape index (κ3) is 11.9. The van der Waals surface area contributed by atoms with E-state index >= 15 is 0 Å². The summed E-state index contributed by atoms with van der Waals surface area (Å²) in [4.78, 5) is 35.6. The minimum atomic E-state index is -3.73. The van der Waals surface area contributed by atoms with Crippen molar-refractivity contribution >= 4 is 111 Å². The Balaban J connectivity index is 0.000000142. The van der Waals surface area contributed by atoms with E-state index in [0.29, 0.717) is 78.9 Å². The van der Waals surface area contributed by atoms with E-state index < -0.39 is 61.8 Å². The molecule has 6 aromatic heterocycles. The fraction of sp³-hybridized carbons (Fsp3) is 0.222. The lowest BCUT2D eigenvalue weighted by Gasteiger charge is -2.32. The molecule has 0 saturated carbocycles. The van der Waals surface area contributed by atoms with Gasteiger partial charge < -0.3 is 37.9 Å². The zero-order chi connectivity index (χ0) is 69.8. The second-order valence-electron chi connectivity index (χ2n) is 25.2. The third-order valence-corrected chi connectivity index (χ3v) is 21.2. The number of halogens is 5. The topological polar surface area (TPSA) is 213 Å². The Labute approximate surface area is 567 Å². The Kier molecular flexibility index (Phi) is 17.0. The molecule has 1 fully saturated rings. The number of hydrogen-bond donors (Lipinski definition) is 2. The second kappa shape index (κ2) is 24.9. The maximum Gasteiger partial charge on any atom is 0.497 e. The molecule has 2 N–H and O–H groups in total. The number of sulfonamides is 2. The average Bonchev–Trinajstić information content (AvgIpc) is 1.57. The molecule has 502 valence electrons. The van der Waals surface area contributed by atoms with Gasteiger partial charge in [0.15, 0.2) is 0 Å². The van der Waals surface area contributed by atoms with Crippen LogP contribution in [0.2, 0.25) is 5.15 Å². The van der Waals surface area contributed by atoms with Gasteiger partial charge in [0, 0.05) is 97.1 Å². The molecular weight excluding hydrogens is 1320 g/mol. The minimum absolute atomic E-state index is 0.192. The van der Waals surface area contributed by atoms with Crippen LogP contribution in [-0.2, 0) is 55.3 Å². The lowest BCUT2D eigenvalue weighted by molar-refractivity contribution is 0.00578. The van der Waals surface area contributed by atoms with E-state index in [1.807, 2.05) is 68.7 Å². The Morgan fingerprint density at radius 1 is 0.561 bits per heavy atom. The van der Waals surface area contributed by atoms with E-state index in [1.54, 1.807) is 48.5 Å². The first-order valence-electron chi connectivity index (χ1n) is 31.1. The highest BCUT2D eigenvalue weighted by atomic mass is 35.5. The van der Waals surface area contributed by atoms with Gasteiger partial charge in [0.2, 0.25) is 20.0 Å². The predicted octanol–water partition coefficient (Wildman–Crippen LogP) is 13.7. The largest absolute Gasteiger partial charge is 0.497 e. The number of amides is 2. The summed E-state index contributed by atoms with van der Waals surface area (Å²) in [5, 5.41) is 7.75. The van der Waals surface area contributed by atoms with Gasteiger partial charge in [0.25, 0.3) is 11.8 Å². The molecule has 9 heterocycles. The van der Waals surface area contributed by atoms with Crippen molar-refractivity contribution in [3.63, 3.8) is 0 Å². The number of carbonyl (C=O) groups is 2. The number of furan rings is 2. The van der Waals surface area contributed by atoms with Crippen LogP contribution < -0.4 is 24.7 Å². The molecule has 0 unspecified atom stereocenters. The molecule has 0 atom stereocenters. The molecule has 3 aliphatic rings. The molecule has 0 aliphatic carbocycles. The van der Waals surface area contributed by atoms with Gasteiger partial charge in [0.1, 0.15) is 51.1 Å². The highest BCUT2D eigenvalue weighted by Crippen LogP contribution is 2.45. The van der Waals surface area contributed by atoms with Gasteiger partial charge in [-0.1, -0.05) is 35.9 Å². The number of aromatic nitrogens is 4. The molecule has 6 aromatic carbocycles. The van der Waals surface area contributed by atoms with E-state index in [0.717, 1.165) is 67.8 Å². The van der Waals surface area contributed by atoms with Gasteiger partial charge in [0.05, 0.1) is 85.7 Å². The lowest BCUT2D eigenvalue weighted by atomic mass is 9.77. The van der Waals surface area contributed by atoms with Crippen molar-refractivity contribution in [2.24, 2.45) is 0 Å². The molecule has 0 radical (unpaired) electrons. The maximum atomic E-state index is 14.7. The average molecular weight is 1390 g/mol. The first kappa shape index (κ1) is 66.8. The van der Waals surface area contributed by atoms with E-state index in [1.165, 1.54) is 94.4 Å². The van der Waals surface area contributed by atoms with E-state index in [-0.39, 0.29) is 51.1 Å². The summed E-state index contributed by atoms with van der Waals surface area (Å²) in [6.45, 7) is 9.09. The minimum Gasteiger partial charge on any atom is -0.455 e. The van der Waals surface area contributed by atoms with E-state index in [4.69, 9.17) is 34.7 Å². The lowest BCUT2D eigenvalue weighted by Crippen LogP contribution is -2.41. The zero-order valence-electron chi connectivity index (χ0n) is 54.7. The molecule has 1 saturated heterocycles. The standard InChI is InChI=1S/C33H26F2N4O4S.C24H28BFN2O6S.C15H10ClFN2/c1-36-33(40)30-23-15-22(27(38(2)44(3,41)42)17-29(23)43-32(30)19-7-10-20(34)11-8-19)25-12-9-18-13-14-39-26-6-4-5-24(35)21(26)16-28(39)31(18)37-25;1-23(2)24(3,4)34-25(33-23)17-12-16-19(13-18(17)28(6)35(7,30)31)32-21(20(16)22(29)27-5)14-8-10-15(26)11-9-14;16-14-5-4-9-6-7-19-12-3-1-2-11(17)10(12)8-13(19)15(9)18-14/h4-12,15-17H,13-14H2,1-3H3,(H,36,40);8-13H,1-7H3,(H,27,29);1-5,8H,6-7H2. The first-order chi connectivity index (χ1) is 46.4. The quantitative estimate of drug-likeness (QED) is 0.0743. The van der Waals surface area contributed by atoms with Crippen LogP contribution in [0.3, 0.4) is 0 Å². The number of anilines is 2. The fourth-order valence-electron chi connectivity index (χ4n) is 12.6. The van der Waals surface area contributed by atoms with Crippen molar-refractivity contribution in [2.75, 3.05) is 49.3 Å². The normalized spacial score (nSPS) is 14.4. The van der Waals surface area contributed by atoms with Gasteiger partial charge >= 0.3 is 7.12 Å². The van der Waals surface area contributed by atoms with Crippen LogP contribution in [0.25, 0.3) is 100 Å². The molecule has 98 heavy (non-hydrogen) atoms. The summed E-state index contributed by atoms with van der Waals surface area (Å²) in [7, 11) is -2.43. The summed E-state index contributed by atoms with van der Waals surface area (Å²) in [5.41, 5.74) is 9.66. The molecule has 15 rings (SSSR count). The second-order valence-corrected chi connectivity index (χ2v) is 29.6. The summed E-state index contributed by atoms with van der Waals surface area (Å²) < 4.78 is 137. The number of nitrogens with one attached hydrogen (secondary N) is 2. The van der Waals surface area contributed by atoms with Crippen molar-refractivity contribution < 1.29 is 62.1 Å². The van der Waals surface area contributed by atoms with Gasteiger partial charge in [-0.15, -0.1) is 0 Å². The fourth-order valence-corrected chi connectivity index (χ4v) is 13.8. The van der Waals surface area contributed by atoms with Crippen molar-refractivity contribution in [2.45, 2.75) is 64.8 Å². The van der Waals surface area contributed by atoms with Crippen molar-refractivity contribution in [1.82, 2.24) is 29.7 Å². The third-order valence-electron chi connectivity index (χ3n) is 18.6. The molecule has 12 aromatic rings. The number of fused-ring (bicyclic) bond motifs is 12. The monoisotopic (exact) mass is 1390 g/mol. The Hall–Kier alpha value is -9.79. The Morgan fingerprint density at radius 3 is 1.47 bits per heavy atom. The van der Waals surface area contributed by atoms with E-state index in [2.05, 4.69) is 20.2 Å². The molecule has 0 spiro atoms. The summed E-state index contributed by atoms with van der Waals surface area (Å²) in [6.07, 6.45) is 3.77. The maximum absolute atomic E-state index is 14.7. The number of benzene rings is 6. The molecule has 26 heteroatoms. The van der Waals surface area contributed by atoms with Gasteiger partial charge in [-0.2, -0.15) is 0 Å². The number of aryl methyl sites for hydroxylation is 4. The first-order valence-corrected chi connectivity index (χ1v) is 35.1. The van der Waals surface area contributed by atoms with Crippen molar-refractivity contribution in [3.8, 4) is 56.7 Å².